The van der Waals surface area contributed by atoms with Gasteiger partial charge in [-0.15, -0.1) is 0 Å². The Balaban J connectivity index is 2.17. The van der Waals surface area contributed by atoms with Gasteiger partial charge in [0.1, 0.15) is 5.54 Å². The summed E-state index contributed by atoms with van der Waals surface area (Å²) in [5.41, 5.74) is 15.3. The van der Waals surface area contributed by atoms with E-state index in [0.717, 1.165) is 48.8 Å². The van der Waals surface area contributed by atoms with E-state index in [9.17, 15) is 9.90 Å². The quantitative estimate of drug-likeness (QED) is 0.715. The van der Waals surface area contributed by atoms with Gasteiger partial charge in [-0.05, 0) is 60.8 Å². The van der Waals surface area contributed by atoms with Crippen LogP contribution in [-0.2, 0) is 23.2 Å². The first-order valence-corrected chi connectivity index (χ1v) is 6.96. The topological polar surface area (TPSA) is 89.3 Å². The van der Waals surface area contributed by atoms with Gasteiger partial charge in [-0.3, -0.25) is 0 Å². The molecule has 0 unspecified atom stereocenters. The lowest BCUT2D eigenvalue weighted by atomic mass is 9.73. The van der Waals surface area contributed by atoms with E-state index < -0.39 is 11.5 Å². The Labute approximate surface area is 112 Å². The van der Waals surface area contributed by atoms with E-state index in [-0.39, 0.29) is 6.04 Å². The number of aliphatic carboxylic acids is 1. The Bertz CT molecular complexity index is 541. The molecule has 1 aromatic carbocycles. The fraction of sp³-hybridized carbons (Fsp3) is 0.533. The van der Waals surface area contributed by atoms with Crippen molar-refractivity contribution in [1.82, 2.24) is 0 Å². The molecule has 0 aromatic heterocycles. The highest BCUT2D eigenvalue weighted by molar-refractivity contribution is 5.81. The maximum atomic E-state index is 11.5. The van der Waals surface area contributed by atoms with Crippen molar-refractivity contribution in [3.05, 3.63) is 34.4 Å². The number of carboxylic acid groups (broad SMARTS) is 1. The van der Waals surface area contributed by atoms with E-state index in [1.54, 1.807) is 0 Å². The highest BCUT2D eigenvalue weighted by Gasteiger charge is 2.40. The van der Waals surface area contributed by atoms with Crippen LogP contribution in [0.1, 0.15) is 54.0 Å². The summed E-state index contributed by atoms with van der Waals surface area (Å²) in [7, 11) is 0. The third-order valence-corrected chi connectivity index (χ3v) is 4.61. The van der Waals surface area contributed by atoms with Gasteiger partial charge < -0.3 is 16.6 Å². The van der Waals surface area contributed by atoms with Crippen LogP contribution in [0.5, 0.6) is 0 Å². The molecule has 5 N–H and O–H groups in total. The Morgan fingerprint density at radius 3 is 2.74 bits per heavy atom. The minimum Gasteiger partial charge on any atom is -0.480 e. The Kier molecular flexibility index (Phi) is 2.87. The van der Waals surface area contributed by atoms with Crippen LogP contribution in [0.3, 0.4) is 0 Å². The second-order valence-electron chi connectivity index (χ2n) is 5.84. The number of benzene rings is 1. The highest BCUT2D eigenvalue weighted by atomic mass is 16.4. The van der Waals surface area contributed by atoms with E-state index in [2.05, 4.69) is 6.07 Å². The van der Waals surface area contributed by atoms with Crippen LogP contribution in [0.15, 0.2) is 12.1 Å². The molecule has 0 saturated carbocycles. The summed E-state index contributed by atoms with van der Waals surface area (Å²) in [4.78, 5) is 11.5. The summed E-state index contributed by atoms with van der Waals surface area (Å²) in [6.07, 6.45) is 5.38. The maximum Gasteiger partial charge on any atom is 0.328 e. The number of carbonyl (C=O) groups is 1. The molecule has 0 bridgehead atoms. The van der Waals surface area contributed by atoms with Crippen LogP contribution >= 0.6 is 0 Å². The molecule has 2 atom stereocenters. The zero-order valence-corrected chi connectivity index (χ0v) is 11.0. The van der Waals surface area contributed by atoms with Crippen molar-refractivity contribution in [2.24, 2.45) is 11.5 Å². The van der Waals surface area contributed by atoms with Gasteiger partial charge in [0.15, 0.2) is 0 Å². The Morgan fingerprint density at radius 2 is 2.00 bits per heavy atom. The standard InChI is InChI=1S/C15H20N2O2/c16-13-5-1-3-9-7-10-4-2-6-15(17,14(18)19)12(10)8-11(9)13/h7-8,13H,1-6,16-17H2,(H,18,19)/t13-,15+/m0/s1. The molecule has 2 aliphatic rings. The molecule has 0 heterocycles. The molecule has 0 amide bonds. The molecule has 3 rings (SSSR count). The minimum absolute atomic E-state index is 0.0222. The maximum absolute atomic E-state index is 11.5. The monoisotopic (exact) mass is 260 g/mol. The van der Waals surface area contributed by atoms with Gasteiger partial charge in [0.25, 0.3) is 0 Å². The highest BCUT2D eigenvalue weighted by Crippen LogP contribution is 2.38. The van der Waals surface area contributed by atoms with Gasteiger partial charge in [-0.1, -0.05) is 12.1 Å². The SMILES string of the molecule is N[C@H]1CCCc2cc3c(cc21)[C@@](N)(C(=O)O)CCC3. The molecule has 0 fully saturated rings. The molecule has 0 spiro atoms. The summed E-state index contributed by atoms with van der Waals surface area (Å²) in [5, 5.41) is 9.46. The summed E-state index contributed by atoms with van der Waals surface area (Å²) < 4.78 is 0. The molecule has 4 heteroatoms. The van der Waals surface area contributed by atoms with E-state index in [1.807, 2.05) is 6.07 Å². The van der Waals surface area contributed by atoms with Gasteiger partial charge in [0.2, 0.25) is 0 Å². The normalized spacial score (nSPS) is 29.5. The third-order valence-electron chi connectivity index (χ3n) is 4.61. The summed E-state index contributed by atoms with van der Waals surface area (Å²) in [5.74, 6) is -0.933. The summed E-state index contributed by atoms with van der Waals surface area (Å²) >= 11 is 0. The fourth-order valence-electron chi connectivity index (χ4n) is 3.48. The van der Waals surface area contributed by atoms with Crippen LogP contribution in [0.2, 0.25) is 0 Å². The zero-order chi connectivity index (χ0) is 13.6. The first-order valence-electron chi connectivity index (χ1n) is 6.96. The van der Waals surface area contributed by atoms with E-state index >= 15 is 0 Å². The van der Waals surface area contributed by atoms with Gasteiger partial charge >= 0.3 is 5.97 Å². The van der Waals surface area contributed by atoms with Crippen molar-refractivity contribution in [3.63, 3.8) is 0 Å². The van der Waals surface area contributed by atoms with E-state index in [4.69, 9.17) is 11.5 Å². The number of nitrogens with two attached hydrogens (primary N) is 2. The number of fused-ring (bicyclic) bond motifs is 2. The van der Waals surface area contributed by atoms with Crippen molar-refractivity contribution in [3.8, 4) is 0 Å². The average Bonchev–Trinajstić information content (AvgIpc) is 2.38. The lowest BCUT2D eigenvalue weighted by molar-refractivity contribution is -0.144. The molecule has 0 aliphatic heterocycles. The smallest absolute Gasteiger partial charge is 0.328 e. The fourth-order valence-corrected chi connectivity index (χ4v) is 3.48. The van der Waals surface area contributed by atoms with Crippen molar-refractivity contribution in [2.45, 2.75) is 50.1 Å². The molecule has 1 aromatic rings. The second-order valence-corrected chi connectivity index (χ2v) is 5.84. The van der Waals surface area contributed by atoms with Gasteiger partial charge in [0, 0.05) is 6.04 Å². The number of rotatable bonds is 1. The molecule has 4 nitrogen and oxygen atoms in total. The predicted molar refractivity (Wildman–Crippen MR) is 72.7 cm³/mol. The first-order chi connectivity index (χ1) is 9.02. The number of hydrogen-bond acceptors (Lipinski definition) is 3. The van der Waals surface area contributed by atoms with Gasteiger partial charge in [0.05, 0.1) is 0 Å². The van der Waals surface area contributed by atoms with Crippen LogP contribution in [0.4, 0.5) is 0 Å². The first kappa shape index (κ1) is 12.6. The van der Waals surface area contributed by atoms with Crippen molar-refractivity contribution in [1.29, 1.82) is 0 Å². The second kappa shape index (κ2) is 4.32. The van der Waals surface area contributed by atoms with Crippen molar-refractivity contribution in [2.75, 3.05) is 0 Å². The van der Waals surface area contributed by atoms with E-state index in [1.165, 1.54) is 5.56 Å². The minimum atomic E-state index is -1.24. The third kappa shape index (κ3) is 1.86. The number of hydrogen-bond donors (Lipinski definition) is 3. The van der Waals surface area contributed by atoms with Crippen LogP contribution in [0.25, 0.3) is 0 Å². The molecular weight excluding hydrogens is 240 g/mol. The molecule has 2 aliphatic carbocycles. The molecular formula is C15H20N2O2. The van der Waals surface area contributed by atoms with Crippen LogP contribution in [-0.4, -0.2) is 11.1 Å². The molecule has 0 saturated heterocycles. The van der Waals surface area contributed by atoms with Gasteiger partial charge in [-0.2, -0.15) is 0 Å². The zero-order valence-electron chi connectivity index (χ0n) is 11.0. The lowest BCUT2D eigenvalue weighted by Crippen LogP contribution is -2.47. The molecule has 19 heavy (non-hydrogen) atoms. The Hall–Kier alpha value is -1.39. The largest absolute Gasteiger partial charge is 0.480 e. The van der Waals surface area contributed by atoms with Crippen LogP contribution < -0.4 is 11.5 Å². The number of aryl methyl sites for hydroxylation is 2. The van der Waals surface area contributed by atoms with Crippen molar-refractivity contribution < 1.29 is 9.90 Å². The lowest BCUT2D eigenvalue weighted by Gasteiger charge is -2.34. The predicted octanol–water partition coefficient (Wildman–Crippen LogP) is 1.60. The molecule has 0 radical (unpaired) electrons. The van der Waals surface area contributed by atoms with E-state index in [0.29, 0.717) is 6.42 Å². The summed E-state index contributed by atoms with van der Waals surface area (Å²) in [6.45, 7) is 0. The van der Waals surface area contributed by atoms with Crippen LogP contribution in [0, 0.1) is 0 Å². The summed E-state index contributed by atoms with van der Waals surface area (Å²) in [6, 6.07) is 4.14. The Morgan fingerprint density at radius 1 is 1.26 bits per heavy atom. The van der Waals surface area contributed by atoms with Gasteiger partial charge in [-0.25, -0.2) is 4.79 Å². The number of carboxylic acids is 1. The average molecular weight is 260 g/mol. The van der Waals surface area contributed by atoms with Crippen molar-refractivity contribution >= 4 is 5.97 Å². The molecule has 102 valence electrons.